The maximum atomic E-state index is 14.6. The van der Waals surface area contributed by atoms with Crippen molar-refractivity contribution in [1.29, 1.82) is 0 Å². The second kappa shape index (κ2) is 6.28. The third-order valence-corrected chi connectivity index (χ3v) is 4.14. The summed E-state index contributed by atoms with van der Waals surface area (Å²) in [5.74, 6) is -2.41. The number of aliphatic hydroxyl groups excluding tert-OH is 3. The lowest BCUT2D eigenvalue weighted by Crippen LogP contribution is -2.70. The van der Waals surface area contributed by atoms with E-state index in [9.17, 15) is 29.0 Å². The zero-order valence-corrected chi connectivity index (χ0v) is 13.3. The van der Waals surface area contributed by atoms with Gasteiger partial charge in [0.1, 0.15) is 18.3 Å². The van der Waals surface area contributed by atoms with Crippen LogP contribution in [0.15, 0.2) is 0 Å². The molecule has 2 aliphatic rings. The summed E-state index contributed by atoms with van der Waals surface area (Å²) >= 11 is 2.44. The molecule has 2 rings (SSSR count). The van der Waals surface area contributed by atoms with E-state index in [4.69, 9.17) is 9.84 Å². The molecule has 0 radical (unpaired) electrons. The number of hydrogen-bond acceptors (Lipinski definition) is 8. The van der Waals surface area contributed by atoms with Gasteiger partial charge in [-0.25, -0.2) is 9.18 Å². The number of ether oxygens (including phenoxy) is 2. The topological polar surface area (TPSA) is 146 Å². The fraction of sp³-hybridized carbons (Fsp3) is 0.727. The van der Waals surface area contributed by atoms with Gasteiger partial charge in [-0.3, -0.25) is 19.8 Å². The molecule has 2 saturated heterocycles. The van der Waals surface area contributed by atoms with Crippen LogP contribution in [0.4, 0.5) is 9.18 Å². The van der Waals surface area contributed by atoms with E-state index in [1.807, 2.05) is 0 Å². The number of imide groups is 1. The summed E-state index contributed by atoms with van der Waals surface area (Å²) in [7, 11) is 0. The monoisotopic (exact) mass is 400 g/mol. The highest BCUT2D eigenvalue weighted by Crippen LogP contribution is 2.37. The number of nitrogens with zero attached hydrogens (tertiary/aromatic N) is 1. The largest absolute Gasteiger partial charge is 0.436 e. The van der Waals surface area contributed by atoms with Crippen LogP contribution in [0, 0.1) is 0 Å². The van der Waals surface area contributed by atoms with Crippen molar-refractivity contribution < 1.29 is 43.6 Å². The van der Waals surface area contributed by atoms with E-state index in [1.54, 1.807) is 5.32 Å². The van der Waals surface area contributed by atoms with Crippen molar-refractivity contribution in [2.45, 2.75) is 42.3 Å². The highest BCUT2D eigenvalue weighted by Gasteiger charge is 2.61. The molecule has 2 aliphatic heterocycles. The number of alkyl halides is 2. The summed E-state index contributed by atoms with van der Waals surface area (Å²) in [5.41, 5.74) is 0. The van der Waals surface area contributed by atoms with Crippen LogP contribution in [0.5, 0.6) is 0 Å². The second-order valence-electron chi connectivity index (χ2n) is 4.98. The van der Waals surface area contributed by atoms with Crippen molar-refractivity contribution in [1.82, 2.24) is 10.2 Å². The highest BCUT2D eigenvalue weighted by atomic mass is 79.9. The minimum absolute atomic E-state index is 0.432. The summed E-state index contributed by atoms with van der Waals surface area (Å²) < 4.78 is 21.3. The van der Waals surface area contributed by atoms with Crippen molar-refractivity contribution in [2.24, 2.45) is 0 Å². The predicted octanol–water partition coefficient (Wildman–Crippen LogP) is -2.07. The van der Waals surface area contributed by atoms with E-state index in [0.717, 1.165) is 6.92 Å². The Balaban J connectivity index is 2.38. The molecule has 10 nitrogen and oxygen atoms in total. The molecule has 0 bridgehead atoms. The standard InChI is InChI=1S/C11H14BrFN2O8/c1-3(17)22-9-11(12,13)8(20)14-10(21)15(9)7-6(19)5(18)4(2-16)23-7/h4-7,9,16,18-19H,2H2,1H3,(H,14,20,21)/t4-,5+,6?,7-,9?,11?/m1/s1. The first-order valence-electron chi connectivity index (χ1n) is 6.42. The number of hydrogen-bond donors (Lipinski definition) is 4. The third kappa shape index (κ3) is 3.04. The number of carbonyl (C=O) groups is 3. The number of carbonyl (C=O) groups excluding carboxylic acids is 3. The second-order valence-corrected chi connectivity index (χ2v) is 6.13. The molecular weight excluding hydrogens is 387 g/mol. The first-order chi connectivity index (χ1) is 10.6. The zero-order chi connectivity index (χ0) is 17.5. The van der Waals surface area contributed by atoms with Crippen molar-refractivity contribution in [2.75, 3.05) is 6.61 Å². The van der Waals surface area contributed by atoms with E-state index in [0.29, 0.717) is 4.90 Å². The lowest BCUT2D eigenvalue weighted by molar-refractivity contribution is -0.192. The summed E-state index contributed by atoms with van der Waals surface area (Å²) in [6.45, 7) is 0.242. The average Bonchev–Trinajstić information content (AvgIpc) is 2.73. The summed E-state index contributed by atoms with van der Waals surface area (Å²) in [6.07, 6.45) is -8.30. The Morgan fingerprint density at radius 2 is 2.09 bits per heavy atom. The summed E-state index contributed by atoms with van der Waals surface area (Å²) in [6, 6.07) is -1.20. The number of halogens is 2. The maximum absolute atomic E-state index is 14.6. The molecule has 12 heteroatoms. The number of aliphatic hydroxyl groups is 3. The van der Waals surface area contributed by atoms with Gasteiger partial charge in [-0.15, -0.1) is 0 Å². The molecule has 6 atom stereocenters. The van der Waals surface area contributed by atoms with E-state index in [1.165, 1.54) is 0 Å². The Morgan fingerprint density at radius 3 is 2.57 bits per heavy atom. The first kappa shape index (κ1) is 18.0. The number of amides is 3. The van der Waals surface area contributed by atoms with Gasteiger partial charge in [0.2, 0.25) is 6.23 Å². The molecule has 130 valence electrons. The van der Waals surface area contributed by atoms with Gasteiger partial charge in [0.15, 0.2) is 6.23 Å². The Labute approximate surface area is 137 Å². The Bertz CT molecular complexity index is 532. The SMILES string of the molecule is CC(=O)OC1N([C@@H]2O[C@H](CO)[C@H](O)C2O)C(=O)NC(=O)C1(F)Br. The van der Waals surface area contributed by atoms with Crippen LogP contribution in [0.2, 0.25) is 0 Å². The third-order valence-electron chi connectivity index (χ3n) is 3.39. The molecule has 3 unspecified atom stereocenters. The molecule has 0 spiro atoms. The molecule has 0 aromatic heterocycles. The molecule has 4 N–H and O–H groups in total. The van der Waals surface area contributed by atoms with Gasteiger partial charge in [0, 0.05) is 6.92 Å². The molecular formula is C11H14BrFN2O8. The lowest BCUT2D eigenvalue weighted by Gasteiger charge is -2.42. The van der Waals surface area contributed by atoms with Crippen molar-refractivity contribution in [3.63, 3.8) is 0 Å². The zero-order valence-electron chi connectivity index (χ0n) is 11.7. The van der Waals surface area contributed by atoms with Crippen LogP contribution in [0.25, 0.3) is 0 Å². The smallest absolute Gasteiger partial charge is 0.329 e. The van der Waals surface area contributed by atoms with E-state index < -0.39 is 59.9 Å². The quantitative estimate of drug-likeness (QED) is 0.312. The van der Waals surface area contributed by atoms with Crippen LogP contribution < -0.4 is 5.32 Å². The van der Waals surface area contributed by atoms with Crippen LogP contribution in [-0.2, 0) is 19.1 Å². The summed E-state index contributed by atoms with van der Waals surface area (Å²) in [5, 5.41) is 30.4. The number of rotatable bonds is 3. The van der Waals surface area contributed by atoms with Gasteiger partial charge in [0.05, 0.1) is 6.61 Å². The fourth-order valence-electron chi connectivity index (χ4n) is 2.29. The average molecular weight is 401 g/mol. The van der Waals surface area contributed by atoms with Crippen LogP contribution in [0.1, 0.15) is 6.92 Å². The lowest BCUT2D eigenvalue weighted by atomic mass is 10.1. The molecule has 0 aliphatic carbocycles. The van der Waals surface area contributed by atoms with E-state index >= 15 is 0 Å². The molecule has 0 aromatic carbocycles. The van der Waals surface area contributed by atoms with Crippen LogP contribution in [0.3, 0.4) is 0 Å². The van der Waals surface area contributed by atoms with E-state index in [-0.39, 0.29) is 0 Å². The Hall–Kier alpha value is -1.34. The number of esters is 1. The molecule has 2 heterocycles. The van der Waals surface area contributed by atoms with Crippen LogP contribution >= 0.6 is 15.9 Å². The van der Waals surface area contributed by atoms with Crippen LogP contribution in [-0.4, -0.2) is 80.1 Å². The maximum Gasteiger partial charge on any atom is 0.329 e. The van der Waals surface area contributed by atoms with Gasteiger partial charge >= 0.3 is 12.0 Å². The normalized spacial score (nSPS) is 41.0. The first-order valence-corrected chi connectivity index (χ1v) is 7.21. The van der Waals surface area contributed by atoms with Crippen molar-refractivity contribution in [3.8, 4) is 0 Å². The predicted molar refractivity (Wildman–Crippen MR) is 71.5 cm³/mol. The minimum atomic E-state index is -3.00. The van der Waals surface area contributed by atoms with Gasteiger partial charge in [-0.2, -0.15) is 0 Å². The van der Waals surface area contributed by atoms with E-state index in [2.05, 4.69) is 20.7 Å². The molecule has 2 fully saturated rings. The van der Waals surface area contributed by atoms with Gasteiger partial charge in [0.25, 0.3) is 10.5 Å². The Kier molecular flexibility index (Phi) is 4.92. The highest BCUT2D eigenvalue weighted by molar-refractivity contribution is 9.10. The molecule has 23 heavy (non-hydrogen) atoms. The molecule has 3 amide bonds. The van der Waals surface area contributed by atoms with Crippen molar-refractivity contribution >= 4 is 33.8 Å². The van der Waals surface area contributed by atoms with Gasteiger partial charge in [-0.1, -0.05) is 0 Å². The minimum Gasteiger partial charge on any atom is -0.436 e. The summed E-state index contributed by atoms with van der Waals surface area (Å²) in [4.78, 5) is 35.2. The van der Waals surface area contributed by atoms with Gasteiger partial charge < -0.3 is 24.8 Å². The Morgan fingerprint density at radius 1 is 1.48 bits per heavy atom. The van der Waals surface area contributed by atoms with Gasteiger partial charge in [-0.05, 0) is 15.9 Å². The number of urea groups is 1. The molecule has 0 saturated carbocycles. The fourth-order valence-corrected chi connectivity index (χ4v) is 2.70. The van der Waals surface area contributed by atoms with Crippen molar-refractivity contribution in [3.05, 3.63) is 0 Å². The number of nitrogens with one attached hydrogen (secondary N) is 1. The molecule has 0 aromatic rings.